The first-order valence-electron chi connectivity index (χ1n) is 6.60. The van der Waals surface area contributed by atoms with Crippen LogP contribution >= 0.6 is 11.6 Å². The number of ether oxygens (including phenoxy) is 1. The summed E-state index contributed by atoms with van der Waals surface area (Å²) in [4.78, 5) is 12.4. The molecule has 1 atom stereocenters. The topological polar surface area (TPSA) is 26.3 Å². The van der Waals surface area contributed by atoms with E-state index in [2.05, 4.69) is 0 Å². The number of hydrogen-bond donors (Lipinski definition) is 0. The van der Waals surface area contributed by atoms with Gasteiger partial charge in [-0.25, -0.2) is 0 Å². The van der Waals surface area contributed by atoms with Gasteiger partial charge in [0.1, 0.15) is 12.4 Å². The van der Waals surface area contributed by atoms with Gasteiger partial charge in [0, 0.05) is 11.5 Å². The maximum Gasteiger partial charge on any atom is 0.170 e. The van der Waals surface area contributed by atoms with Crippen molar-refractivity contribution < 1.29 is 9.53 Å². The number of halogens is 1. The molecule has 20 heavy (non-hydrogen) atoms. The predicted molar refractivity (Wildman–Crippen MR) is 81.8 cm³/mol. The number of Topliss-reactive ketones (excluding diaryl/α,β-unsaturated/α-hetero) is 1. The molecule has 1 unspecified atom stereocenters. The Hall–Kier alpha value is -1.80. The van der Waals surface area contributed by atoms with Crippen molar-refractivity contribution in [1.82, 2.24) is 0 Å². The van der Waals surface area contributed by atoms with Crippen LogP contribution in [0.1, 0.15) is 28.8 Å². The van der Waals surface area contributed by atoms with Gasteiger partial charge < -0.3 is 4.74 Å². The highest BCUT2D eigenvalue weighted by atomic mass is 35.5. The van der Waals surface area contributed by atoms with Crippen molar-refractivity contribution in [2.75, 3.05) is 12.5 Å². The molecule has 0 amide bonds. The molecule has 2 rings (SSSR count). The molecule has 0 aromatic heterocycles. The number of carbonyl (C=O) groups is 1. The maximum absolute atomic E-state index is 12.4. The third-order valence-electron chi connectivity index (χ3n) is 3.18. The lowest BCUT2D eigenvalue weighted by Crippen LogP contribution is -2.09. The molecule has 104 valence electrons. The van der Waals surface area contributed by atoms with E-state index in [0.717, 1.165) is 11.3 Å². The highest BCUT2D eigenvalue weighted by Gasteiger charge is 2.16. The summed E-state index contributed by atoms with van der Waals surface area (Å²) < 4.78 is 5.39. The fourth-order valence-corrected chi connectivity index (χ4v) is 2.09. The average molecular weight is 289 g/mol. The van der Waals surface area contributed by atoms with Crippen molar-refractivity contribution in [1.29, 1.82) is 0 Å². The van der Waals surface area contributed by atoms with Gasteiger partial charge >= 0.3 is 0 Å². The Morgan fingerprint density at radius 2 is 1.75 bits per heavy atom. The van der Waals surface area contributed by atoms with Crippen LogP contribution in [-0.4, -0.2) is 18.3 Å². The largest absolute Gasteiger partial charge is 0.492 e. The number of ketones is 1. The molecule has 2 aromatic carbocycles. The molecule has 0 aliphatic rings. The molecule has 0 fully saturated rings. The summed E-state index contributed by atoms with van der Waals surface area (Å²) in [6.45, 7) is 2.39. The first kappa shape index (κ1) is 14.6. The van der Waals surface area contributed by atoms with E-state index in [-0.39, 0.29) is 11.7 Å². The Bertz CT molecular complexity index is 549. The molecule has 0 N–H and O–H groups in total. The first-order chi connectivity index (χ1) is 9.72. The third kappa shape index (κ3) is 3.61. The summed E-state index contributed by atoms with van der Waals surface area (Å²) in [5.74, 6) is 1.14. The van der Waals surface area contributed by atoms with E-state index in [9.17, 15) is 4.79 Å². The van der Waals surface area contributed by atoms with Crippen LogP contribution in [0.5, 0.6) is 5.75 Å². The zero-order valence-corrected chi connectivity index (χ0v) is 12.1. The SMILES string of the molecule is CC(C(=O)c1ccc(OCCCl)cc1)c1ccccc1. The first-order valence-corrected chi connectivity index (χ1v) is 7.14. The second-order valence-electron chi connectivity index (χ2n) is 4.56. The van der Waals surface area contributed by atoms with Gasteiger partial charge in [0.25, 0.3) is 0 Å². The lowest BCUT2D eigenvalue weighted by Gasteiger charge is -2.11. The molecule has 0 saturated carbocycles. The third-order valence-corrected chi connectivity index (χ3v) is 3.33. The zero-order chi connectivity index (χ0) is 14.4. The van der Waals surface area contributed by atoms with Crippen LogP contribution in [0, 0.1) is 0 Å². The van der Waals surface area contributed by atoms with Crippen LogP contribution in [0.25, 0.3) is 0 Å². The summed E-state index contributed by atoms with van der Waals surface area (Å²) in [6, 6.07) is 17.0. The second-order valence-corrected chi connectivity index (χ2v) is 4.94. The molecule has 0 aliphatic heterocycles. The number of rotatable bonds is 6. The fraction of sp³-hybridized carbons (Fsp3) is 0.235. The van der Waals surface area contributed by atoms with Gasteiger partial charge in [-0.3, -0.25) is 4.79 Å². The minimum Gasteiger partial charge on any atom is -0.492 e. The highest BCUT2D eigenvalue weighted by molar-refractivity contribution is 6.18. The fourth-order valence-electron chi connectivity index (χ4n) is 2.01. The standard InChI is InChI=1S/C17H17ClO2/c1-13(14-5-3-2-4-6-14)17(19)15-7-9-16(10-8-15)20-12-11-18/h2-10,13H,11-12H2,1H3. The average Bonchev–Trinajstić information content (AvgIpc) is 2.53. The number of benzene rings is 2. The molecular weight excluding hydrogens is 272 g/mol. The summed E-state index contributed by atoms with van der Waals surface area (Å²) >= 11 is 5.56. The van der Waals surface area contributed by atoms with Gasteiger partial charge in [-0.15, -0.1) is 11.6 Å². The summed E-state index contributed by atoms with van der Waals surface area (Å²) in [7, 11) is 0. The normalized spacial score (nSPS) is 11.9. The Kier molecular flexibility index (Phi) is 5.19. The molecule has 0 aliphatic carbocycles. The second kappa shape index (κ2) is 7.11. The monoisotopic (exact) mass is 288 g/mol. The molecular formula is C17H17ClO2. The van der Waals surface area contributed by atoms with E-state index >= 15 is 0 Å². The molecule has 0 heterocycles. The van der Waals surface area contributed by atoms with Crippen LogP contribution in [0.2, 0.25) is 0 Å². The zero-order valence-electron chi connectivity index (χ0n) is 11.4. The molecule has 2 aromatic rings. The summed E-state index contributed by atoms with van der Waals surface area (Å²) in [5.41, 5.74) is 1.72. The van der Waals surface area contributed by atoms with Crippen LogP contribution < -0.4 is 4.74 Å². The minimum absolute atomic E-state index is 0.111. The van der Waals surface area contributed by atoms with Gasteiger partial charge in [0.05, 0.1) is 5.88 Å². The lowest BCUT2D eigenvalue weighted by atomic mass is 9.92. The molecule has 2 nitrogen and oxygen atoms in total. The Balaban J connectivity index is 2.09. The van der Waals surface area contributed by atoms with Crippen molar-refractivity contribution in [2.45, 2.75) is 12.8 Å². The molecule has 3 heteroatoms. The van der Waals surface area contributed by atoms with Crippen molar-refractivity contribution in [2.24, 2.45) is 0 Å². The van der Waals surface area contributed by atoms with E-state index in [1.807, 2.05) is 37.3 Å². The number of hydrogen-bond acceptors (Lipinski definition) is 2. The Labute approximate surface area is 124 Å². The molecule has 0 saturated heterocycles. The van der Waals surface area contributed by atoms with Gasteiger partial charge in [0.2, 0.25) is 0 Å². The molecule has 0 radical (unpaired) electrons. The minimum atomic E-state index is -0.147. The number of alkyl halides is 1. The predicted octanol–water partition coefficient (Wildman–Crippen LogP) is 4.29. The van der Waals surface area contributed by atoms with E-state index < -0.39 is 0 Å². The van der Waals surface area contributed by atoms with Crippen molar-refractivity contribution in [3.63, 3.8) is 0 Å². The highest BCUT2D eigenvalue weighted by Crippen LogP contribution is 2.21. The van der Waals surface area contributed by atoms with Gasteiger partial charge in [-0.05, 0) is 29.8 Å². The van der Waals surface area contributed by atoms with Crippen LogP contribution in [0.4, 0.5) is 0 Å². The van der Waals surface area contributed by atoms with Gasteiger partial charge in [-0.2, -0.15) is 0 Å². The Morgan fingerprint density at radius 3 is 2.35 bits per heavy atom. The smallest absolute Gasteiger partial charge is 0.170 e. The summed E-state index contributed by atoms with van der Waals surface area (Å²) in [5, 5.41) is 0. The van der Waals surface area contributed by atoms with E-state index in [1.165, 1.54) is 0 Å². The Morgan fingerprint density at radius 1 is 1.10 bits per heavy atom. The van der Waals surface area contributed by atoms with Crippen LogP contribution in [0.15, 0.2) is 54.6 Å². The molecule has 0 bridgehead atoms. The summed E-state index contributed by atoms with van der Waals surface area (Å²) in [6.07, 6.45) is 0. The van der Waals surface area contributed by atoms with E-state index in [0.29, 0.717) is 18.1 Å². The van der Waals surface area contributed by atoms with Crippen LogP contribution in [-0.2, 0) is 0 Å². The quantitative estimate of drug-likeness (QED) is 0.585. The molecule has 0 spiro atoms. The van der Waals surface area contributed by atoms with Crippen molar-refractivity contribution >= 4 is 17.4 Å². The maximum atomic E-state index is 12.4. The van der Waals surface area contributed by atoms with Crippen molar-refractivity contribution in [3.8, 4) is 5.75 Å². The van der Waals surface area contributed by atoms with Crippen LogP contribution in [0.3, 0.4) is 0 Å². The van der Waals surface area contributed by atoms with Gasteiger partial charge in [-0.1, -0.05) is 37.3 Å². The van der Waals surface area contributed by atoms with Crippen molar-refractivity contribution in [3.05, 3.63) is 65.7 Å². The van der Waals surface area contributed by atoms with Gasteiger partial charge in [0.15, 0.2) is 5.78 Å². The van der Waals surface area contributed by atoms with E-state index in [4.69, 9.17) is 16.3 Å². The van der Waals surface area contributed by atoms with E-state index in [1.54, 1.807) is 24.3 Å². The number of carbonyl (C=O) groups excluding carboxylic acids is 1. The lowest BCUT2D eigenvalue weighted by molar-refractivity contribution is 0.0966.